The lowest BCUT2D eigenvalue weighted by molar-refractivity contribution is -0.140. The van der Waals surface area contributed by atoms with Crippen LogP contribution >= 0.6 is 0 Å². The second-order valence-electron chi connectivity index (χ2n) is 4.69. The normalized spacial score (nSPS) is 11.4. The number of carbonyl (C=O) groups excluding carboxylic acids is 1. The maximum absolute atomic E-state index is 13.0. The van der Waals surface area contributed by atoms with Crippen molar-refractivity contribution >= 4 is 16.0 Å². The average Bonchev–Trinajstić information content (AvgIpc) is 2.41. The number of ether oxygens (including phenoxy) is 1. The van der Waals surface area contributed by atoms with Crippen LogP contribution in [0.25, 0.3) is 0 Å². The van der Waals surface area contributed by atoms with E-state index in [1.165, 1.54) is 19.2 Å². The van der Waals surface area contributed by atoms with Crippen LogP contribution in [0.3, 0.4) is 0 Å². The number of benzene rings is 1. The summed E-state index contributed by atoms with van der Waals surface area (Å²) in [6, 6.07) is 3.56. The largest absolute Gasteiger partial charge is 0.469 e. The molecule has 0 amide bonds. The van der Waals surface area contributed by atoms with Crippen LogP contribution in [0.5, 0.6) is 0 Å². The Hall–Kier alpha value is -1.47. The molecule has 0 aromatic heterocycles. The highest BCUT2D eigenvalue weighted by molar-refractivity contribution is 7.89. The molecular weight excluding hydrogens is 297 g/mol. The van der Waals surface area contributed by atoms with Gasteiger partial charge in [0.2, 0.25) is 10.0 Å². The summed E-state index contributed by atoms with van der Waals surface area (Å²) in [5.41, 5.74) is 0.369. The third-order valence-electron chi connectivity index (χ3n) is 3.00. The minimum Gasteiger partial charge on any atom is -0.469 e. The molecule has 118 valence electrons. The predicted octanol–water partition coefficient (Wildman–Crippen LogP) is 2.15. The fourth-order valence-corrected chi connectivity index (χ4v) is 3.17. The summed E-state index contributed by atoms with van der Waals surface area (Å²) in [5, 5.41) is 0. The van der Waals surface area contributed by atoms with Crippen molar-refractivity contribution in [3.05, 3.63) is 29.6 Å². The van der Waals surface area contributed by atoms with Gasteiger partial charge < -0.3 is 4.74 Å². The van der Waals surface area contributed by atoms with Gasteiger partial charge in [0.05, 0.1) is 12.0 Å². The van der Waals surface area contributed by atoms with Crippen LogP contribution in [-0.2, 0) is 19.6 Å². The number of aryl methyl sites for hydroxylation is 1. The van der Waals surface area contributed by atoms with E-state index in [4.69, 9.17) is 0 Å². The lowest BCUT2D eigenvalue weighted by Gasteiger charge is -2.09. The molecule has 0 heterocycles. The Morgan fingerprint density at radius 2 is 2.00 bits per heavy atom. The highest BCUT2D eigenvalue weighted by Gasteiger charge is 2.16. The fourth-order valence-electron chi connectivity index (χ4n) is 1.87. The monoisotopic (exact) mass is 317 g/mol. The summed E-state index contributed by atoms with van der Waals surface area (Å²) >= 11 is 0. The number of rotatable bonds is 8. The van der Waals surface area contributed by atoms with E-state index in [9.17, 15) is 17.6 Å². The molecule has 0 saturated carbocycles. The number of esters is 1. The predicted molar refractivity (Wildman–Crippen MR) is 76.8 cm³/mol. The molecule has 0 aliphatic heterocycles. The molecule has 0 radical (unpaired) electrons. The van der Waals surface area contributed by atoms with Crippen LogP contribution in [0.2, 0.25) is 0 Å². The van der Waals surface area contributed by atoms with Crippen molar-refractivity contribution in [2.75, 3.05) is 13.7 Å². The first-order chi connectivity index (χ1) is 9.86. The van der Waals surface area contributed by atoms with Gasteiger partial charge in [-0.3, -0.25) is 4.79 Å². The van der Waals surface area contributed by atoms with Gasteiger partial charge in [-0.25, -0.2) is 17.5 Å². The molecule has 0 spiro atoms. The van der Waals surface area contributed by atoms with Gasteiger partial charge in [0.15, 0.2) is 0 Å². The molecule has 1 aromatic rings. The van der Waals surface area contributed by atoms with E-state index in [2.05, 4.69) is 9.46 Å². The Bertz CT molecular complexity index is 587. The first-order valence-electron chi connectivity index (χ1n) is 6.69. The van der Waals surface area contributed by atoms with Gasteiger partial charge in [0, 0.05) is 13.0 Å². The van der Waals surface area contributed by atoms with Crippen LogP contribution in [0.4, 0.5) is 4.39 Å². The summed E-state index contributed by atoms with van der Waals surface area (Å²) in [7, 11) is -2.29. The van der Waals surface area contributed by atoms with Crippen molar-refractivity contribution in [1.29, 1.82) is 0 Å². The molecule has 0 bridgehead atoms. The smallest absolute Gasteiger partial charge is 0.305 e. The van der Waals surface area contributed by atoms with Crippen LogP contribution < -0.4 is 4.72 Å². The Morgan fingerprint density at radius 1 is 1.29 bits per heavy atom. The van der Waals surface area contributed by atoms with Gasteiger partial charge in [-0.15, -0.1) is 0 Å². The molecule has 0 aliphatic carbocycles. The third-order valence-corrected chi connectivity index (χ3v) is 4.63. The molecular formula is C14H20FNO4S. The van der Waals surface area contributed by atoms with E-state index < -0.39 is 15.8 Å². The summed E-state index contributed by atoms with van der Waals surface area (Å²) in [6.45, 7) is 1.83. The minimum absolute atomic E-state index is 0.0819. The highest BCUT2D eigenvalue weighted by atomic mass is 32.2. The zero-order valence-corrected chi connectivity index (χ0v) is 13.0. The molecule has 0 saturated heterocycles. The molecule has 0 unspecified atom stereocenters. The van der Waals surface area contributed by atoms with E-state index in [-0.39, 0.29) is 17.4 Å². The van der Waals surface area contributed by atoms with Gasteiger partial charge in [-0.2, -0.15) is 0 Å². The first-order valence-corrected chi connectivity index (χ1v) is 8.18. The number of hydrogen-bond donors (Lipinski definition) is 1. The lowest BCUT2D eigenvalue weighted by atomic mass is 10.2. The van der Waals surface area contributed by atoms with Crippen molar-refractivity contribution < 1.29 is 22.3 Å². The van der Waals surface area contributed by atoms with E-state index in [1.807, 2.05) is 0 Å². The zero-order chi connectivity index (χ0) is 15.9. The van der Waals surface area contributed by atoms with Crippen molar-refractivity contribution in [2.45, 2.75) is 37.5 Å². The Kier molecular flexibility index (Phi) is 6.77. The Labute approximate surface area is 124 Å². The van der Waals surface area contributed by atoms with Crippen LogP contribution in [0.15, 0.2) is 23.1 Å². The van der Waals surface area contributed by atoms with E-state index in [0.29, 0.717) is 24.8 Å². The number of halogens is 1. The Balaban J connectivity index is 2.42. The molecule has 1 aromatic carbocycles. The van der Waals surface area contributed by atoms with Gasteiger partial charge in [0.25, 0.3) is 0 Å². The summed E-state index contributed by atoms with van der Waals surface area (Å²) in [4.78, 5) is 11.0. The zero-order valence-electron chi connectivity index (χ0n) is 12.2. The summed E-state index contributed by atoms with van der Waals surface area (Å²) in [6.07, 6.45) is 2.33. The maximum atomic E-state index is 13.0. The van der Waals surface area contributed by atoms with Crippen molar-refractivity contribution in [3.8, 4) is 0 Å². The summed E-state index contributed by atoms with van der Waals surface area (Å²) in [5.74, 6) is -0.730. The van der Waals surface area contributed by atoms with Crippen molar-refractivity contribution in [2.24, 2.45) is 0 Å². The standard InChI is InChI=1S/C14H20FNO4S/c1-11-10-12(15)7-8-13(11)21(18,19)16-9-5-3-4-6-14(17)20-2/h7-8,10,16H,3-6,9H2,1-2H3. The molecule has 5 nitrogen and oxygen atoms in total. The van der Waals surface area contributed by atoms with Gasteiger partial charge >= 0.3 is 5.97 Å². The number of methoxy groups -OCH3 is 1. The Morgan fingerprint density at radius 3 is 2.62 bits per heavy atom. The van der Waals surface area contributed by atoms with Gasteiger partial charge in [-0.1, -0.05) is 6.42 Å². The van der Waals surface area contributed by atoms with Crippen molar-refractivity contribution in [3.63, 3.8) is 0 Å². The number of hydrogen-bond acceptors (Lipinski definition) is 4. The van der Waals surface area contributed by atoms with Crippen LogP contribution in [-0.4, -0.2) is 28.0 Å². The fraction of sp³-hybridized carbons (Fsp3) is 0.500. The highest BCUT2D eigenvalue weighted by Crippen LogP contribution is 2.15. The SMILES string of the molecule is COC(=O)CCCCCNS(=O)(=O)c1ccc(F)cc1C. The number of nitrogens with one attached hydrogen (secondary N) is 1. The third kappa shape index (κ3) is 5.81. The summed E-state index contributed by atoms with van der Waals surface area (Å²) < 4.78 is 44.0. The average molecular weight is 317 g/mol. The minimum atomic E-state index is -3.62. The maximum Gasteiger partial charge on any atom is 0.305 e. The molecule has 0 aliphatic rings. The molecule has 0 atom stereocenters. The van der Waals surface area contributed by atoms with Crippen molar-refractivity contribution in [1.82, 2.24) is 4.72 Å². The second-order valence-corrected chi connectivity index (χ2v) is 6.43. The first kappa shape index (κ1) is 17.6. The topological polar surface area (TPSA) is 72.5 Å². The van der Waals surface area contributed by atoms with E-state index >= 15 is 0 Å². The molecule has 21 heavy (non-hydrogen) atoms. The molecule has 0 fully saturated rings. The van der Waals surface area contributed by atoms with E-state index in [1.54, 1.807) is 6.92 Å². The number of unbranched alkanes of at least 4 members (excludes halogenated alkanes) is 2. The number of sulfonamides is 1. The molecule has 1 rings (SSSR count). The van der Waals surface area contributed by atoms with Gasteiger partial charge in [0.1, 0.15) is 5.82 Å². The quantitative estimate of drug-likeness (QED) is 0.589. The van der Waals surface area contributed by atoms with Gasteiger partial charge in [-0.05, 0) is 43.5 Å². The van der Waals surface area contributed by atoms with Crippen LogP contribution in [0, 0.1) is 12.7 Å². The molecule has 1 N–H and O–H groups in total. The van der Waals surface area contributed by atoms with E-state index in [0.717, 1.165) is 12.5 Å². The lowest BCUT2D eigenvalue weighted by Crippen LogP contribution is -2.25. The number of carbonyl (C=O) groups is 1. The van der Waals surface area contributed by atoms with Crippen LogP contribution in [0.1, 0.15) is 31.2 Å². The molecule has 7 heteroatoms. The second kappa shape index (κ2) is 8.09.